The third kappa shape index (κ3) is 11.4. The number of alkyl carbamates (subject to hydrolysis) is 2. The lowest BCUT2D eigenvalue weighted by atomic mass is 9.87. The maximum absolute atomic E-state index is 13.7. The molecule has 3 aliphatic heterocycles. The van der Waals surface area contributed by atoms with Gasteiger partial charge in [-0.3, -0.25) is 19.3 Å². The summed E-state index contributed by atoms with van der Waals surface area (Å²) in [5.41, 5.74) is 5.82. The predicted octanol–water partition coefficient (Wildman–Crippen LogP) is 7.48. The zero-order valence-electron chi connectivity index (χ0n) is 39.4. The van der Waals surface area contributed by atoms with Gasteiger partial charge in [0.2, 0.25) is 17.7 Å². The van der Waals surface area contributed by atoms with Crippen molar-refractivity contribution in [1.29, 1.82) is 0 Å². The number of carbonyl (C=O) groups is 5. The standard InChI is InChI=1S/C50H69N7O8/c1-30(2)42(53-48(62)64-8)46(60)55-28-10-12-40(55)44(58)51-35-20-14-32(15-21-35)38-26-27-39(57(38)37-24-18-34(19-25-37)50(5,6)7)33-16-22-36(23-17-33)52-45(59)41-13-11-29-56(41)47(61)43(31(3)4)54-49(63)65-9/h14-25,30-31,38-43,46,60H,10-13,26-29H2,1-9H3,(H,51,58)(H,52,59)(H,53,62)(H,54,63)/t38-,39-,40?,41?,42-,43-,46?/m0/s1. The molecule has 6 rings (SSSR count). The molecule has 3 aromatic rings. The topological polar surface area (TPSA) is 182 Å². The fourth-order valence-corrected chi connectivity index (χ4v) is 9.54. The van der Waals surface area contributed by atoms with Crippen molar-refractivity contribution in [3.8, 4) is 0 Å². The Morgan fingerprint density at radius 1 is 0.646 bits per heavy atom. The van der Waals surface area contributed by atoms with Crippen LogP contribution in [0.4, 0.5) is 26.7 Å². The molecule has 3 fully saturated rings. The number of benzene rings is 3. The van der Waals surface area contributed by atoms with E-state index in [0.29, 0.717) is 43.7 Å². The highest BCUT2D eigenvalue weighted by Gasteiger charge is 2.41. The van der Waals surface area contributed by atoms with Crippen molar-refractivity contribution in [2.75, 3.05) is 42.8 Å². The Balaban J connectivity index is 1.17. The van der Waals surface area contributed by atoms with Gasteiger partial charge in [-0.05, 0) is 109 Å². The lowest BCUT2D eigenvalue weighted by molar-refractivity contribution is -0.139. The van der Waals surface area contributed by atoms with Crippen molar-refractivity contribution in [3.63, 3.8) is 0 Å². The summed E-state index contributed by atoms with van der Waals surface area (Å²) < 4.78 is 9.53. The van der Waals surface area contributed by atoms with Gasteiger partial charge in [0, 0.05) is 30.2 Å². The number of carbonyl (C=O) groups excluding carboxylic acids is 5. The summed E-state index contributed by atoms with van der Waals surface area (Å²) >= 11 is 0. The molecule has 0 spiro atoms. The summed E-state index contributed by atoms with van der Waals surface area (Å²) in [5, 5.41) is 22.8. The molecule has 15 heteroatoms. The van der Waals surface area contributed by atoms with Crippen LogP contribution in [0.2, 0.25) is 0 Å². The minimum absolute atomic E-state index is 0.00847. The number of methoxy groups -OCH3 is 2. The minimum Gasteiger partial charge on any atom is -0.453 e. The third-order valence-corrected chi connectivity index (χ3v) is 13.2. The van der Waals surface area contributed by atoms with Crippen LogP contribution in [0.15, 0.2) is 72.8 Å². The molecule has 0 aromatic heterocycles. The summed E-state index contributed by atoms with van der Waals surface area (Å²) in [5.74, 6) is -1.08. The molecule has 15 nitrogen and oxygen atoms in total. The Morgan fingerprint density at radius 2 is 1.14 bits per heavy atom. The number of anilines is 3. The van der Waals surface area contributed by atoms with Gasteiger partial charge in [-0.1, -0.05) is 84.9 Å². The summed E-state index contributed by atoms with van der Waals surface area (Å²) in [7, 11) is 2.53. The number of aliphatic hydroxyl groups excluding tert-OH is 1. The maximum atomic E-state index is 13.7. The first-order chi connectivity index (χ1) is 30.9. The highest BCUT2D eigenvalue weighted by molar-refractivity contribution is 5.99. The van der Waals surface area contributed by atoms with E-state index in [9.17, 15) is 29.1 Å². The minimum atomic E-state index is -1.06. The normalized spacial score (nSPS) is 21.5. The van der Waals surface area contributed by atoms with E-state index >= 15 is 0 Å². The number of nitrogens with one attached hydrogen (secondary N) is 4. The SMILES string of the molecule is COC(=O)N[C@@H](C(C)C)C(O)N1CCCC1C(=O)Nc1ccc([C@@H]2CC[C@@H](c3ccc(NC(=O)C4CCCN4C(=O)[C@@H](NC(=O)OC)C(C)C)cc3)N2c2ccc(C(C)(C)C)cc2)cc1. The van der Waals surface area contributed by atoms with Crippen LogP contribution in [-0.4, -0.2) is 103 Å². The van der Waals surface area contributed by atoms with E-state index in [1.54, 1.807) is 9.80 Å². The second kappa shape index (κ2) is 21.1. The number of ether oxygens (including phenoxy) is 2. The van der Waals surface area contributed by atoms with Crippen LogP contribution in [0.25, 0.3) is 0 Å². The van der Waals surface area contributed by atoms with Crippen molar-refractivity contribution < 1.29 is 38.6 Å². The Kier molecular flexibility index (Phi) is 15.8. The molecular weight excluding hydrogens is 827 g/mol. The first-order valence-electron chi connectivity index (χ1n) is 23.1. The molecule has 3 saturated heterocycles. The molecule has 3 heterocycles. The van der Waals surface area contributed by atoms with Crippen molar-refractivity contribution >= 4 is 47.0 Å². The molecule has 65 heavy (non-hydrogen) atoms. The molecule has 0 bridgehead atoms. The van der Waals surface area contributed by atoms with E-state index in [4.69, 9.17) is 9.47 Å². The van der Waals surface area contributed by atoms with Gasteiger partial charge in [0.15, 0.2) is 0 Å². The van der Waals surface area contributed by atoms with Crippen LogP contribution in [0.5, 0.6) is 0 Å². The Hall–Kier alpha value is -5.67. The van der Waals surface area contributed by atoms with Crippen molar-refractivity contribution in [3.05, 3.63) is 89.5 Å². The molecule has 3 unspecified atom stereocenters. The van der Waals surface area contributed by atoms with Crippen LogP contribution in [0, 0.1) is 11.8 Å². The molecule has 5 N–H and O–H groups in total. The molecule has 0 saturated carbocycles. The Morgan fingerprint density at radius 3 is 1.63 bits per heavy atom. The van der Waals surface area contributed by atoms with Crippen LogP contribution in [0.3, 0.4) is 0 Å². The van der Waals surface area contributed by atoms with Gasteiger partial charge in [0.1, 0.15) is 18.3 Å². The molecule has 0 aliphatic carbocycles. The van der Waals surface area contributed by atoms with Gasteiger partial charge in [0.25, 0.3) is 0 Å². The molecule has 3 aliphatic rings. The average Bonchev–Trinajstić information content (AvgIpc) is 4.08. The largest absolute Gasteiger partial charge is 0.453 e. The summed E-state index contributed by atoms with van der Waals surface area (Å²) in [6, 6.07) is 22.2. The molecular formula is C50H69N7O8. The number of rotatable bonds is 14. The quantitative estimate of drug-likeness (QED) is 0.109. The molecule has 0 radical (unpaired) electrons. The van der Waals surface area contributed by atoms with E-state index in [2.05, 4.69) is 95.5 Å². The van der Waals surface area contributed by atoms with Crippen molar-refractivity contribution in [2.24, 2.45) is 11.8 Å². The van der Waals surface area contributed by atoms with Gasteiger partial charge in [-0.15, -0.1) is 0 Å². The lowest BCUT2D eigenvalue weighted by Crippen LogP contribution is -2.57. The van der Waals surface area contributed by atoms with Crippen LogP contribution in [0.1, 0.15) is 116 Å². The number of hydrogen-bond donors (Lipinski definition) is 5. The van der Waals surface area contributed by atoms with E-state index < -0.39 is 42.6 Å². The predicted molar refractivity (Wildman–Crippen MR) is 251 cm³/mol. The first-order valence-corrected chi connectivity index (χ1v) is 23.1. The van der Waals surface area contributed by atoms with E-state index in [-0.39, 0.29) is 47.1 Å². The number of amides is 5. The average molecular weight is 896 g/mol. The highest BCUT2D eigenvalue weighted by Crippen LogP contribution is 2.47. The van der Waals surface area contributed by atoms with Crippen molar-refractivity contribution in [1.82, 2.24) is 20.4 Å². The second-order valence-corrected chi connectivity index (χ2v) is 19.3. The van der Waals surface area contributed by atoms with Crippen molar-refractivity contribution in [2.45, 2.75) is 135 Å². The second-order valence-electron chi connectivity index (χ2n) is 19.3. The molecule has 5 amide bonds. The lowest BCUT2D eigenvalue weighted by Gasteiger charge is -2.36. The number of nitrogens with zero attached hydrogens (tertiary/aromatic N) is 3. The van der Waals surface area contributed by atoms with Gasteiger partial charge in [-0.25, -0.2) is 9.59 Å². The molecule has 7 atom stereocenters. The number of hydrogen-bond acceptors (Lipinski definition) is 10. The highest BCUT2D eigenvalue weighted by atomic mass is 16.5. The van der Waals surface area contributed by atoms with Gasteiger partial charge in [0.05, 0.1) is 38.4 Å². The fourth-order valence-electron chi connectivity index (χ4n) is 9.54. The van der Waals surface area contributed by atoms with Crippen LogP contribution >= 0.6 is 0 Å². The van der Waals surface area contributed by atoms with E-state index in [0.717, 1.165) is 36.1 Å². The third-order valence-electron chi connectivity index (χ3n) is 13.2. The smallest absolute Gasteiger partial charge is 0.407 e. The monoisotopic (exact) mass is 896 g/mol. The van der Waals surface area contributed by atoms with E-state index in [1.807, 2.05) is 52.0 Å². The van der Waals surface area contributed by atoms with Gasteiger partial charge < -0.3 is 45.6 Å². The maximum Gasteiger partial charge on any atom is 0.407 e. The van der Waals surface area contributed by atoms with Gasteiger partial charge >= 0.3 is 12.2 Å². The molecule has 352 valence electrons. The Labute approximate surface area is 384 Å². The zero-order valence-corrected chi connectivity index (χ0v) is 39.4. The van der Waals surface area contributed by atoms with E-state index in [1.165, 1.54) is 19.8 Å². The van der Waals surface area contributed by atoms with Gasteiger partial charge in [-0.2, -0.15) is 0 Å². The molecule has 3 aromatic carbocycles. The van der Waals surface area contributed by atoms with Crippen LogP contribution < -0.4 is 26.2 Å². The van der Waals surface area contributed by atoms with Crippen LogP contribution in [-0.2, 0) is 29.3 Å². The first kappa shape index (κ1) is 48.8. The zero-order chi connectivity index (χ0) is 47.2. The summed E-state index contributed by atoms with van der Waals surface area (Å²) in [4.78, 5) is 70.8. The Bertz CT molecular complexity index is 2120. The fraction of sp³-hybridized carbons (Fsp3) is 0.540. The number of likely N-dealkylation sites (tertiary alicyclic amines) is 2. The number of aliphatic hydroxyl groups is 1. The summed E-state index contributed by atoms with van der Waals surface area (Å²) in [6.45, 7) is 15.0. The summed E-state index contributed by atoms with van der Waals surface area (Å²) in [6.07, 6.45) is 1.91.